The molecule has 1 aliphatic heterocycles. The molecule has 0 saturated carbocycles. The Kier molecular flexibility index (Phi) is 7.61. The third-order valence-electron chi connectivity index (χ3n) is 4.63. The molecule has 0 spiro atoms. The van der Waals surface area contributed by atoms with Crippen molar-refractivity contribution in [2.75, 3.05) is 7.11 Å². The third-order valence-corrected chi connectivity index (χ3v) is 4.63. The van der Waals surface area contributed by atoms with Crippen molar-refractivity contribution in [1.29, 1.82) is 0 Å². The molecular weight excluding hydrogens is 348 g/mol. The summed E-state index contributed by atoms with van der Waals surface area (Å²) in [5.41, 5.74) is 0.807. The van der Waals surface area contributed by atoms with Crippen molar-refractivity contribution in [1.82, 2.24) is 0 Å². The summed E-state index contributed by atoms with van der Waals surface area (Å²) in [7, 11) is 1.28. The summed E-state index contributed by atoms with van der Waals surface area (Å²) in [6, 6.07) is 4.90. The fourth-order valence-electron chi connectivity index (χ4n) is 2.96. The molecule has 1 aromatic carbocycles. The molecule has 0 amide bonds. The van der Waals surface area contributed by atoms with Gasteiger partial charge in [0.15, 0.2) is 0 Å². The van der Waals surface area contributed by atoms with Gasteiger partial charge in [-0.15, -0.1) is 0 Å². The predicted molar refractivity (Wildman–Crippen MR) is 100 cm³/mol. The highest BCUT2D eigenvalue weighted by atomic mass is 16.5. The van der Waals surface area contributed by atoms with Gasteiger partial charge in [-0.1, -0.05) is 37.3 Å². The molecule has 1 aliphatic rings. The van der Waals surface area contributed by atoms with Crippen molar-refractivity contribution in [3.05, 3.63) is 53.6 Å². The number of carbonyl (C=O) groups excluding carboxylic acids is 2. The highest BCUT2D eigenvalue weighted by molar-refractivity contribution is 5.94. The number of aliphatic hydroxyl groups is 1. The molecule has 0 unspecified atom stereocenters. The minimum absolute atomic E-state index is 0.00453. The van der Waals surface area contributed by atoms with Crippen LogP contribution in [-0.2, 0) is 20.7 Å². The van der Waals surface area contributed by atoms with E-state index in [9.17, 15) is 19.8 Å². The Morgan fingerprint density at radius 1 is 1.37 bits per heavy atom. The number of phenols is 1. The van der Waals surface area contributed by atoms with Crippen LogP contribution < -0.4 is 0 Å². The standard InChI is InChI=1S/C21H26O6/c1-14-7-3-4-8-15-9-5-11-17(22)20(15)21(25)27-16(13-18(14)23)10-6-12-19(24)26-2/h3-6,9,11-12,14,16,18,22-23H,7-8,10,13H2,1-2H3/b4-3+,12-6-/t14-,16-,18+/m0/s1. The average Bonchev–Trinajstić information content (AvgIpc) is 2.63. The number of aromatic hydroxyl groups is 1. The van der Waals surface area contributed by atoms with Crippen molar-refractivity contribution in [2.24, 2.45) is 5.92 Å². The fourth-order valence-corrected chi connectivity index (χ4v) is 2.96. The summed E-state index contributed by atoms with van der Waals surface area (Å²) in [5, 5.41) is 20.6. The lowest BCUT2D eigenvalue weighted by atomic mass is 9.93. The number of allylic oxidation sites excluding steroid dienone is 2. The zero-order valence-electron chi connectivity index (χ0n) is 15.6. The highest BCUT2D eigenvalue weighted by Gasteiger charge is 2.25. The van der Waals surface area contributed by atoms with Crippen LogP contribution in [0.25, 0.3) is 0 Å². The van der Waals surface area contributed by atoms with Gasteiger partial charge in [0.2, 0.25) is 0 Å². The number of rotatable bonds is 3. The molecule has 27 heavy (non-hydrogen) atoms. The lowest BCUT2D eigenvalue weighted by Crippen LogP contribution is -2.28. The monoisotopic (exact) mass is 374 g/mol. The summed E-state index contributed by atoms with van der Waals surface area (Å²) in [5.74, 6) is -1.29. The van der Waals surface area contributed by atoms with Crippen LogP contribution in [0.5, 0.6) is 5.75 Å². The summed E-state index contributed by atoms with van der Waals surface area (Å²) in [6.45, 7) is 1.93. The molecule has 1 aromatic rings. The largest absolute Gasteiger partial charge is 0.507 e. The highest BCUT2D eigenvalue weighted by Crippen LogP contribution is 2.26. The maximum atomic E-state index is 12.7. The Morgan fingerprint density at radius 3 is 2.89 bits per heavy atom. The number of fused-ring (bicyclic) bond motifs is 1. The van der Waals surface area contributed by atoms with Gasteiger partial charge in [-0.3, -0.25) is 0 Å². The van der Waals surface area contributed by atoms with Crippen LogP contribution in [0.1, 0.15) is 42.1 Å². The maximum Gasteiger partial charge on any atom is 0.342 e. The van der Waals surface area contributed by atoms with Crippen LogP contribution in [0, 0.1) is 5.92 Å². The van der Waals surface area contributed by atoms with E-state index in [2.05, 4.69) is 4.74 Å². The molecule has 0 fully saturated rings. The van der Waals surface area contributed by atoms with Gasteiger partial charge in [0.1, 0.15) is 17.4 Å². The quantitative estimate of drug-likeness (QED) is 0.480. The Hall–Kier alpha value is -2.60. The van der Waals surface area contributed by atoms with Crippen LogP contribution in [0.3, 0.4) is 0 Å². The summed E-state index contributed by atoms with van der Waals surface area (Å²) < 4.78 is 10.1. The lowest BCUT2D eigenvalue weighted by Gasteiger charge is -2.24. The summed E-state index contributed by atoms with van der Waals surface area (Å²) >= 11 is 0. The number of hydrogen-bond acceptors (Lipinski definition) is 6. The number of cyclic esters (lactones) is 1. The normalized spacial score (nSPS) is 25.0. The Balaban J connectivity index is 2.29. The molecule has 2 rings (SSSR count). The first kappa shape index (κ1) is 20.7. The lowest BCUT2D eigenvalue weighted by molar-refractivity contribution is -0.134. The van der Waals surface area contributed by atoms with Crippen LogP contribution in [0.15, 0.2) is 42.5 Å². The van der Waals surface area contributed by atoms with Crippen molar-refractivity contribution in [3.63, 3.8) is 0 Å². The van der Waals surface area contributed by atoms with E-state index in [-0.39, 0.29) is 30.1 Å². The molecule has 3 atom stereocenters. The topological polar surface area (TPSA) is 93.1 Å². The van der Waals surface area contributed by atoms with E-state index in [1.54, 1.807) is 18.2 Å². The first-order chi connectivity index (χ1) is 12.9. The average molecular weight is 374 g/mol. The Bertz CT molecular complexity index is 721. The number of aliphatic hydroxyl groups excluding tert-OH is 1. The van der Waals surface area contributed by atoms with Crippen molar-refractivity contribution < 1.29 is 29.3 Å². The molecule has 0 saturated heterocycles. The van der Waals surface area contributed by atoms with Gasteiger partial charge in [0, 0.05) is 18.9 Å². The van der Waals surface area contributed by atoms with Gasteiger partial charge in [-0.25, -0.2) is 9.59 Å². The van der Waals surface area contributed by atoms with E-state index >= 15 is 0 Å². The summed E-state index contributed by atoms with van der Waals surface area (Å²) in [4.78, 5) is 23.9. The van der Waals surface area contributed by atoms with E-state index in [1.807, 2.05) is 19.1 Å². The molecule has 0 aromatic heterocycles. The fraction of sp³-hybridized carbons (Fsp3) is 0.429. The van der Waals surface area contributed by atoms with E-state index in [1.165, 1.54) is 19.3 Å². The molecule has 1 heterocycles. The number of phenolic OH excluding ortho intramolecular Hbond substituents is 1. The van der Waals surface area contributed by atoms with Crippen LogP contribution in [0.4, 0.5) is 0 Å². The number of carbonyl (C=O) groups is 2. The van der Waals surface area contributed by atoms with E-state index < -0.39 is 24.1 Å². The molecule has 2 N–H and O–H groups in total. The van der Waals surface area contributed by atoms with Gasteiger partial charge >= 0.3 is 11.9 Å². The van der Waals surface area contributed by atoms with E-state index in [0.29, 0.717) is 18.4 Å². The second-order valence-corrected chi connectivity index (χ2v) is 6.69. The first-order valence-electron chi connectivity index (χ1n) is 9.01. The number of esters is 2. The second kappa shape index (κ2) is 9.92. The Morgan fingerprint density at radius 2 is 2.15 bits per heavy atom. The molecule has 0 bridgehead atoms. The van der Waals surface area contributed by atoms with Gasteiger partial charge in [-0.2, -0.15) is 0 Å². The maximum absolute atomic E-state index is 12.7. The molecule has 6 nitrogen and oxygen atoms in total. The number of benzene rings is 1. The van der Waals surface area contributed by atoms with Crippen molar-refractivity contribution in [2.45, 2.75) is 44.8 Å². The van der Waals surface area contributed by atoms with E-state index in [0.717, 1.165) is 0 Å². The van der Waals surface area contributed by atoms with Gasteiger partial charge in [-0.05, 0) is 30.4 Å². The molecule has 146 valence electrons. The van der Waals surface area contributed by atoms with Gasteiger partial charge in [0.05, 0.1) is 13.2 Å². The van der Waals surface area contributed by atoms with Crippen LogP contribution in [0.2, 0.25) is 0 Å². The van der Waals surface area contributed by atoms with Crippen LogP contribution >= 0.6 is 0 Å². The number of ether oxygens (including phenoxy) is 2. The van der Waals surface area contributed by atoms with E-state index in [4.69, 9.17) is 4.74 Å². The number of hydrogen-bond donors (Lipinski definition) is 2. The first-order valence-corrected chi connectivity index (χ1v) is 9.01. The number of methoxy groups -OCH3 is 1. The molecule has 0 radical (unpaired) electrons. The zero-order valence-corrected chi connectivity index (χ0v) is 15.6. The smallest absolute Gasteiger partial charge is 0.342 e. The molecular formula is C21H26O6. The second-order valence-electron chi connectivity index (χ2n) is 6.69. The SMILES string of the molecule is COC(=O)/C=C\C[C@H]1C[C@@H](O)[C@@H](C)C/C=C/Cc2cccc(O)c2C(=O)O1. The minimum atomic E-state index is -0.665. The van der Waals surface area contributed by atoms with Gasteiger partial charge < -0.3 is 19.7 Å². The molecule has 6 heteroatoms. The minimum Gasteiger partial charge on any atom is -0.507 e. The van der Waals surface area contributed by atoms with Crippen molar-refractivity contribution in [3.8, 4) is 5.75 Å². The predicted octanol–water partition coefficient (Wildman–Crippen LogP) is 2.93. The van der Waals surface area contributed by atoms with Crippen molar-refractivity contribution >= 4 is 11.9 Å². The molecule has 0 aliphatic carbocycles. The summed E-state index contributed by atoms with van der Waals surface area (Å²) in [6.07, 6.45) is 7.07. The Labute approximate surface area is 159 Å². The third kappa shape index (κ3) is 5.96. The zero-order chi connectivity index (χ0) is 19.8. The van der Waals surface area contributed by atoms with Gasteiger partial charge in [0.25, 0.3) is 0 Å². The van der Waals surface area contributed by atoms with Crippen LogP contribution in [-0.4, -0.2) is 41.5 Å².